The zero-order chi connectivity index (χ0) is 11.9. The molecule has 2 rings (SSSR count). The topological polar surface area (TPSA) is 20.3 Å². The minimum absolute atomic E-state index is 0.0932. The second-order valence-corrected chi connectivity index (χ2v) is 3.73. The van der Waals surface area contributed by atoms with E-state index in [0.717, 1.165) is 17.9 Å². The number of halogens is 3. The lowest BCUT2D eigenvalue weighted by Gasteiger charge is -2.33. The molecule has 0 N–H and O–H groups in total. The number of carbonyl (C=O) groups excluding carboxylic acids is 1. The summed E-state index contributed by atoms with van der Waals surface area (Å²) >= 11 is 0. The van der Waals surface area contributed by atoms with E-state index in [2.05, 4.69) is 0 Å². The molecule has 1 aromatic rings. The molecule has 0 spiro atoms. The molecule has 0 saturated carbocycles. The van der Waals surface area contributed by atoms with Crippen molar-refractivity contribution in [1.82, 2.24) is 4.90 Å². The van der Waals surface area contributed by atoms with Crippen LogP contribution in [0.5, 0.6) is 0 Å². The fourth-order valence-corrected chi connectivity index (χ4v) is 1.88. The van der Waals surface area contributed by atoms with Gasteiger partial charge < -0.3 is 4.90 Å². The Labute approximate surface area is 90.7 Å². The van der Waals surface area contributed by atoms with Crippen LogP contribution in [0.2, 0.25) is 0 Å². The van der Waals surface area contributed by atoms with Crippen LogP contribution in [-0.2, 0) is 11.3 Å². The Bertz CT molecular complexity index is 435. The van der Waals surface area contributed by atoms with E-state index in [1.165, 1.54) is 12.1 Å². The number of amides is 1. The standard InChI is InChI=1S/C11H10F3NO/c1-6(16)15-5-7-3-2-4-8(12)9(7)10(13)11(15)14/h2-4,10-11H,5H2,1H3. The van der Waals surface area contributed by atoms with Crippen molar-refractivity contribution in [1.29, 1.82) is 0 Å². The van der Waals surface area contributed by atoms with E-state index < -0.39 is 24.2 Å². The summed E-state index contributed by atoms with van der Waals surface area (Å²) in [4.78, 5) is 11.8. The van der Waals surface area contributed by atoms with Crippen molar-refractivity contribution < 1.29 is 18.0 Å². The number of benzene rings is 1. The largest absolute Gasteiger partial charge is 0.306 e. The van der Waals surface area contributed by atoms with Crippen LogP contribution in [0.1, 0.15) is 24.2 Å². The summed E-state index contributed by atoms with van der Waals surface area (Å²) in [6, 6.07) is 3.99. The molecule has 1 heterocycles. The van der Waals surface area contributed by atoms with E-state index in [-0.39, 0.29) is 12.1 Å². The zero-order valence-electron chi connectivity index (χ0n) is 8.58. The average molecular weight is 229 g/mol. The third kappa shape index (κ3) is 1.56. The summed E-state index contributed by atoms with van der Waals surface area (Å²) < 4.78 is 40.5. The number of fused-ring (bicyclic) bond motifs is 1. The van der Waals surface area contributed by atoms with Crippen LogP contribution in [0.25, 0.3) is 0 Å². The number of hydrogen-bond donors (Lipinski definition) is 0. The van der Waals surface area contributed by atoms with E-state index in [1.54, 1.807) is 0 Å². The molecule has 2 nitrogen and oxygen atoms in total. The number of nitrogens with zero attached hydrogens (tertiary/aromatic N) is 1. The first-order valence-corrected chi connectivity index (χ1v) is 4.85. The van der Waals surface area contributed by atoms with Crippen LogP contribution < -0.4 is 0 Å². The maximum Gasteiger partial charge on any atom is 0.222 e. The molecule has 1 aliphatic rings. The Hall–Kier alpha value is -1.52. The van der Waals surface area contributed by atoms with Gasteiger partial charge in [0.1, 0.15) is 5.82 Å². The summed E-state index contributed by atoms with van der Waals surface area (Å²) in [5.41, 5.74) is 0.0455. The van der Waals surface area contributed by atoms with Gasteiger partial charge in [-0.05, 0) is 11.6 Å². The van der Waals surface area contributed by atoms with Gasteiger partial charge in [0, 0.05) is 19.0 Å². The molecule has 2 unspecified atom stereocenters. The van der Waals surface area contributed by atoms with Gasteiger partial charge in [-0.3, -0.25) is 4.79 Å². The lowest BCUT2D eigenvalue weighted by atomic mass is 9.97. The van der Waals surface area contributed by atoms with Gasteiger partial charge in [0.25, 0.3) is 0 Å². The van der Waals surface area contributed by atoms with Crippen LogP contribution in [0.15, 0.2) is 18.2 Å². The summed E-state index contributed by atoms with van der Waals surface area (Å²) in [5, 5.41) is 0. The molecule has 86 valence electrons. The first kappa shape index (κ1) is 11.0. The van der Waals surface area contributed by atoms with Crippen molar-refractivity contribution in [2.75, 3.05) is 0 Å². The minimum Gasteiger partial charge on any atom is -0.306 e. The summed E-state index contributed by atoms with van der Waals surface area (Å²) in [5.74, 6) is -1.33. The van der Waals surface area contributed by atoms with E-state index in [0.29, 0.717) is 5.56 Å². The molecule has 0 fully saturated rings. The van der Waals surface area contributed by atoms with E-state index in [1.807, 2.05) is 0 Å². The Kier molecular flexibility index (Phi) is 2.61. The molecule has 1 aliphatic heterocycles. The zero-order valence-corrected chi connectivity index (χ0v) is 8.58. The highest BCUT2D eigenvalue weighted by Crippen LogP contribution is 2.36. The molecule has 0 saturated heterocycles. The molecule has 0 aromatic heterocycles. The Morgan fingerprint density at radius 3 is 2.75 bits per heavy atom. The Morgan fingerprint density at radius 1 is 1.44 bits per heavy atom. The number of alkyl halides is 2. The van der Waals surface area contributed by atoms with Gasteiger partial charge in [-0.1, -0.05) is 12.1 Å². The smallest absolute Gasteiger partial charge is 0.222 e. The molecule has 2 atom stereocenters. The fourth-order valence-electron chi connectivity index (χ4n) is 1.88. The maximum atomic E-state index is 13.6. The molecular formula is C11H10F3NO. The van der Waals surface area contributed by atoms with Gasteiger partial charge >= 0.3 is 0 Å². The van der Waals surface area contributed by atoms with Gasteiger partial charge in [0.05, 0.1) is 0 Å². The molecule has 1 amide bonds. The third-order valence-corrected chi connectivity index (χ3v) is 2.70. The van der Waals surface area contributed by atoms with Crippen molar-refractivity contribution in [3.63, 3.8) is 0 Å². The third-order valence-electron chi connectivity index (χ3n) is 2.70. The molecule has 5 heteroatoms. The van der Waals surface area contributed by atoms with Crippen LogP contribution in [0, 0.1) is 5.82 Å². The van der Waals surface area contributed by atoms with Crippen molar-refractivity contribution in [3.8, 4) is 0 Å². The highest BCUT2D eigenvalue weighted by atomic mass is 19.2. The number of rotatable bonds is 0. The summed E-state index contributed by atoms with van der Waals surface area (Å²) in [6.07, 6.45) is -4.23. The van der Waals surface area contributed by atoms with E-state index in [4.69, 9.17) is 0 Å². The normalized spacial score (nSPS) is 24.1. The molecule has 1 aromatic carbocycles. The molecular weight excluding hydrogens is 219 g/mol. The first-order valence-electron chi connectivity index (χ1n) is 4.85. The Morgan fingerprint density at radius 2 is 2.12 bits per heavy atom. The van der Waals surface area contributed by atoms with Crippen molar-refractivity contribution in [2.24, 2.45) is 0 Å². The number of hydrogen-bond acceptors (Lipinski definition) is 1. The average Bonchev–Trinajstić information content (AvgIpc) is 2.22. The SMILES string of the molecule is CC(=O)N1Cc2cccc(F)c2C(F)C1F. The summed E-state index contributed by atoms with van der Waals surface area (Å²) in [7, 11) is 0. The van der Waals surface area contributed by atoms with Crippen LogP contribution in [0.3, 0.4) is 0 Å². The van der Waals surface area contributed by atoms with Gasteiger partial charge in [-0.25, -0.2) is 13.2 Å². The van der Waals surface area contributed by atoms with Crippen molar-refractivity contribution in [3.05, 3.63) is 35.1 Å². The van der Waals surface area contributed by atoms with Crippen LogP contribution >= 0.6 is 0 Å². The van der Waals surface area contributed by atoms with Crippen molar-refractivity contribution >= 4 is 5.91 Å². The van der Waals surface area contributed by atoms with Gasteiger partial charge in [0.2, 0.25) is 12.2 Å². The van der Waals surface area contributed by atoms with Gasteiger partial charge in [0.15, 0.2) is 6.17 Å². The van der Waals surface area contributed by atoms with E-state index >= 15 is 0 Å². The maximum absolute atomic E-state index is 13.6. The quantitative estimate of drug-likeness (QED) is 0.626. The molecule has 0 aliphatic carbocycles. The second-order valence-electron chi connectivity index (χ2n) is 3.73. The van der Waals surface area contributed by atoms with Crippen molar-refractivity contribution in [2.45, 2.75) is 25.9 Å². The second kappa shape index (κ2) is 3.81. The van der Waals surface area contributed by atoms with Crippen LogP contribution in [0.4, 0.5) is 13.2 Å². The van der Waals surface area contributed by atoms with Gasteiger partial charge in [-0.15, -0.1) is 0 Å². The fraction of sp³-hybridized carbons (Fsp3) is 0.364. The minimum atomic E-state index is -2.12. The molecule has 0 radical (unpaired) electrons. The lowest BCUT2D eigenvalue weighted by Crippen LogP contribution is -2.42. The highest BCUT2D eigenvalue weighted by Gasteiger charge is 2.38. The summed E-state index contributed by atoms with van der Waals surface area (Å²) in [6.45, 7) is 1.06. The predicted octanol–water partition coefficient (Wildman–Crippen LogP) is 2.49. The van der Waals surface area contributed by atoms with Crippen LogP contribution in [-0.4, -0.2) is 17.1 Å². The number of carbonyl (C=O) groups is 1. The lowest BCUT2D eigenvalue weighted by molar-refractivity contribution is -0.140. The first-order chi connectivity index (χ1) is 7.52. The van der Waals surface area contributed by atoms with Gasteiger partial charge in [-0.2, -0.15) is 0 Å². The molecule has 16 heavy (non-hydrogen) atoms. The monoisotopic (exact) mass is 229 g/mol. The Balaban J connectivity index is 2.48. The molecule has 0 bridgehead atoms. The van der Waals surface area contributed by atoms with E-state index in [9.17, 15) is 18.0 Å². The predicted molar refractivity (Wildman–Crippen MR) is 51.4 cm³/mol. The highest BCUT2D eigenvalue weighted by molar-refractivity contribution is 5.74.